The van der Waals surface area contributed by atoms with Crippen LogP contribution in [0.1, 0.15) is 16.1 Å². The van der Waals surface area contributed by atoms with Crippen LogP contribution in [0.3, 0.4) is 0 Å². The zero-order chi connectivity index (χ0) is 18.1. The number of carbonyl (C=O) groups excluding carboxylic acids is 1. The number of fused-ring (bicyclic) bond motifs is 1. The third-order valence-electron chi connectivity index (χ3n) is 4.20. The fourth-order valence-electron chi connectivity index (χ4n) is 2.98. The van der Waals surface area contributed by atoms with Crippen molar-refractivity contribution in [3.05, 3.63) is 88.5 Å². The van der Waals surface area contributed by atoms with E-state index in [1.807, 2.05) is 72.0 Å². The summed E-state index contributed by atoms with van der Waals surface area (Å²) in [6.07, 6.45) is 0. The molecule has 0 spiro atoms. The minimum absolute atomic E-state index is 0.173. The number of halogens is 1. The number of pyridine rings is 1. The minimum Gasteiger partial charge on any atom is -0.306 e. The van der Waals surface area contributed by atoms with Crippen LogP contribution in [0, 0.1) is 6.92 Å². The standard InChI is InChI=1S/C21H16BrN3O/c1-14-7-5-12-18-23-19(15-8-3-2-4-9-15)20(25(14)18)24-21(26)16-10-6-11-17(22)13-16/h2-13H,1H3,(H,24,26). The number of hydrogen-bond donors (Lipinski definition) is 1. The molecule has 0 aliphatic heterocycles. The first kappa shape index (κ1) is 16.5. The van der Waals surface area contributed by atoms with Crippen LogP contribution in [0.5, 0.6) is 0 Å². The van der Waals surface area contributed by atoms with Crippen LogP contribution in [-0.4, -0.2) is 15.3 Å². The van der Waals surface area contributed by atoms with E-state index in [4.69, 9.17) is 4.98 Å². The highest BCUT2D eigenvalue weighted by Gasteiger charge is 2.18. The molecule has 0 atom stereocenters. The molecular formula is C21H16BrN3O. The molecule has 5 heteroatoms. The summed E-state index contributed by atoms with van der Waals surface area (Å²) in [4.78, 5) is 17.6. The van der Waals surface area contributed by atoms with E-state index in [9.17, 15) is 4.79 Å². The molecule has 1 amide bonds. The van der Waals surface area contributed by atoms with E-state index in [1.165, 1.54) is 0 Å². The molecule has 2 heterocycles. The molecule has 26 heavy (non-hydrogen) atoms. The summed E-state index contributed by atoms with van der Waals surface area (Å²) in [5, 5.41) is 3.06. The lowest BCUT2D eigenvalue weighted by molar-refractivity contribution is 0.102. The molecular weight excluding hydrogens is 390 g/mol. The predicted octanol–water partition coefficient (Wildman–Crippen LogP) is 5.32. The molecule has 2 aromatic heterocycles. The van der Waals surface area contributed by atoms with Gasteiger partial charge in [-0.2, -0.15) is 0 Å². The Labute approximate surface area is 159 Å². The molecule has 0 saturated heterocycles. The Morgan fingerprint density at radius 3 is 2.54 bits per heavy atom. The van der Waals surface area contributed by atoms with Crippen LogP contribution in [0.15, 0.2) is 77.3 Å². The number of amides is 1. The quantitative estimate of drug-likeness (QED) is 0.500. The maximum atomic E-state index is 12.8. The number of benzene rings is 2. The number of hydrogen-bond acceptors (Lipinski definition) is 2. The van der Waals surface area contributed by atoms with Crippen LogP contribution < -0.4 is 5.32 Å². The highest BCUT2D eigenvalue weighted by molar-refractivity contribution is 9.10. The summed E-state index contributed by atoms with van der Waals surface area (Å²) in [5.74, 6) is 0.503. The van der Waals surface area contributed by atoms with Gasteiger partial charge >= 0.3 is 0 Å². The SMILES string of the molecule is Cc1cccc2nc(-c3ccccc3)c(NC(=O)c3cccc(Br)c3)n12. The highest BCUT2D eigenvalue weighted by Crippen LogP contribution is 2.30. The first-order valence-corrected chi connectivity index (χ1v) is 9.03. The van der Waals surface area contributed by atoms with E-state index in [2.05, 4.69) is 21.2 Å². The van der Waals surface area contributed by atoms with Gasteiger partial charge in [0.25, 0.3) is 5.91 Å². The van der Waals surface area contributed by atoms with Crippen molar-refractivity contribution in [2.45, 2.75) is 6.92 Å². The van der Waals surface area contributed by atoms with Gasteiger partial charge in [0.1, 0.15) is 17.2 Å². The van der Waals surface area contributed by atoms with Crippen molar-refractivity contribution < 1.29 is 4.79 Å². The Hall–Kier alpha value is -2.92. The number of imidazole rings is 1. The monoisotopic (exact) mass is 405 g/mol. The van der Waals surface area contributed by atoms with Crippen LogP contribution in [0.4, 0.5) is 5.82 Å². The van der Waals surface area contributed by atoms with Crippen LogP contribution in [0.2, 0.25) is 0 Å². The first-order chi connectivity index (χ1) is 12.6. The van der Waals surface area contributed by atoms with E-state index in [0.29, 0.717) is 11.4 Å². The minimum atomic E-state index is -0.173. The third kappa shape index (κ3) is 3.02. The van der Waals surface area contributed by atoms with E-state index in [1.54, 1.807) is 12.1 Å². The maximum Gasteiger partial charge on any atom is 0.256 e. The normalized spacial score (nSPS) is 10.8. The van der Waals surface area contributed by atoms with Crippen molar-refractivity contribution in [2.24, 2.45) is 0 Å². The van der Waals surface area contributed by atoms with Gasteiger partial charge in [-0.15, -0.1) is 0 Å². The summed E-state index contributed by atoms with van der Waals surface area (Å²) in [6, 6.07) is 23.1. The van der Waals surface area contributed by atoms with Gasteiger partial charge in [-0.1, -0.05) is 58.4 Å². The van der Waals surface area contributed by atoms with E-state index in [0.717, 1.165) is 27.1 Å². The largest absolute Gasteiger partial charge is 0.306 e. The van der Waals surface area contributed by atoms with E-state index in [-0.39, 0.29) is 5.91 Å². The number of rotatable bonds is 3. The van der Waals surface area contributed by atoms with Gasteiger partial charge in [0.15, 0.2) is 0 Å². The lowest BCUT2D eigenvalue weighted by Gasteiger charge is -2.10. The van der Waals surface area contributed by atoms with Crippen molar-refractivity contribution in [2.75, 3.05) is 5.32 Å². The van der Waals surface area contributed by atoms with Crippen molar-refractivity contribution in [3.63, 3.8) is 0 Å². The maximum absolute atomic E-state index is 12.8. The first-order valence-electron chi connectivity index (χ1n) is 8.24. The van der Waals surface area contributed by atoms with Crippen molar-refractivity contribution >= 4 is 33.3 Å². The fourth-order valence-corrected chi connectivity index (χ4v) is 3.38. The number of nitrogens with one attached hydrogen (secondary N) is 1. The van der Waals surface area contributed by atoms with Gasteiger partial charge in [-0.25, -0.2) is 4.98 Å². The summed E-state index contributed by atoms with van der Waals surface area (Å²) in [5.41, 5.74) is 4.10. The summed E-state index contributed by atoms with van der Waals surface area (Å²) in [7, 11) is 0. The van der Waals surface area contributed by atoms with Gasteiger partial charge in [0.2, 0.25) is 0 Å². The summed E-state index contributed by atoms with van der Waals surface area (Å²) in [6.45, 7) is 2.00. The number of carbonyl (C=O) groups is 1. The van der Waals surface area contributed by atoms with Crippen LogP contribution >= 0.6 is 15.9 Å². The van der Waals surface area contributed by atoms with Gasteiger partial charge in [0.05, 0.1) is 0 Å². The van der Waals surface area contributed by atoms with Crippen molar-refractivity contribution in [1.82, 2.24) is 9.38 Å². The Bertz CT molecular complexity index is 1100. The Morgan fingerprint density at radius 2 is 1.77 bits per heavy atom. The summed E-state index contributed by atoms with van der Waals surface area (Å²) < 4.78 is 2.83. The zero-order valence-corrected chi connectivity index (χ0v) is 15.7. The van der Waals surface area contributed by atoms with E-state index < -0.39 is 0 Å². The van der Waals surface area contributed by atoms with Crippen molar-refractivity contribution in [1.29, 1.82) is 0 Å². The molecule has 4 rings (SSSR count). The zero-order valence-electron chi connectivity index (χ0n) is 14.1. The number of anilines is 1. The fraction of sp³-hybridized carbons (Fsp3) is 0.0476. The van der Waals surface area contributed by atoms with E-state index >= 15 is 0 Å². The Balaban J connectivity index is 1.86. The predicted molar refractivity (Wildman–Crippen MR) is 107 cm³/mol. The number of nitrogens with zero attached hydrogens (tertiary/aromatic N) is 2. The molecule has 0 unspecified atom stereocenters. The molecule has 4 nitrogen and oxygen atoms in total. The van der Waals surface area contributed by atoms with Crippen molar-refractivity contribution in [3.8, 4) is 11.3 Å². The van der Waals surface area contributed by atoms with Gasteiger partial charge < -0.3 is 5.32 Å². The highest BCUT2D eigenvalue weighted by atomic mass is 79.9. The smallest absolute Gasteiger partial charge is 0.256 e. The number of aromatic nitrogens is 2. The average Bonchev–Trinajstić information content (AvgIpc) is 3.02. The third-order valence-corrected chi connectivity index (χ3v) is 4.70. The van der Waals surface area contributed by atoms with Crippen LogP contribution in [0.25, 0.3) is 16.9 Å². The number of aryl methyl sites for hydroxylation is 1. The molecule has 0 saturated carbocycles. The molecule has 1 N–H and O–H groups in total. The second-order valence-corrected chi connectivity index (χ2v) is 6.92. The molecule has 4 aromatic rings. The molecule has 0 fully saturated rings. The summed E-state index contributed by atoms with van der Waals surface area (Å²) >= 11 is 3.41. The molecule has 0 bridgehead atoms. The van der Waals surface area contributed by atoms with Crippen LogP contribution in [-0.2, 0) is 0 Å². The molecule has 128 valence electrons. The van der Waals surface area contributed by atoms with Gasteiger partial charge in [-0.3, -0.25) is 9.20 Å². The molecule has 0 radical (unpaired) electrons. The average molecular weight is 406 g/mol. The Morgan fingerprint density at radius 1 is 1.00 bits per heavy atom. The molecule has 0 aliphatic rings. The molecule has 0 aliphatic carbocycles. The molecule has 2 aromatic carbocycles. The lowest BCUT2D eigenvalue weighted by atomic mass is 10.1. The Kier molecular flexibility index (Phi) is 4.31. The van der Waals surface area contributed by atoms with Gasteiger partial charge in [-0.05, 0) is 37.3 Å². The second-order valence-electron chi connectivity index (χ2n) is 6.00. The topological polar surface area (TPSA) is 46.4 Å². The second kappa shape index (κ2) is 6.77. The van der Waals surface area contributed by atoms with Gasteiger partial charge in [0, 0.05) is 21.3 Å². The lowest BCUT2D eigenvalue weighted by Crippen LogP contribution is -2.14.